The van der Waals surface area contributed by atoms with Gasteiger partial charge in [-0.25, -0.2) is 4.79 Å². The molecule has 1 fully saturated rings. The molecule has 1 aliphatic heterocycles. The van der Waals surface area contributed by atoms with Crippen molar-refractivity contribution in [3.05, 3.63) is 64.7 Å². The number of amides is 3. The number of benzene rings is 2. The van der Waals surface area contributed by atoms with E-state index in [1.165, 1.54) is 51.3 Å². The number of methoxy groups -OCH3 is 1. The Labute approximate surface area is 170 Å². The Morgan fingerprint density at radius 3 is 2.43 bits per heavy atom. The summed E-state index contributed by atoms with van der Waals surface area (Å²) in [4.78, 5) is 38.2. The number of carbonyl (C=O) groups excluding carboxylic acids is 3. The number of carbonyl (C=O) groups is 3. The first-order valence-electron chi connectivity index (χ1n) is 8.97. The van der Waals surface area contributed by atoms with Gasteiger partial charge in [-0.1, -0.05) is 18.2 Å². The summed E-state index contributed by atoms with van der Waals surface area (Å²) in [6.07, 6.45) is -4.70. The van der Waals surface area contributed by atoms with Crippen molar-refractivity contribution >= 4 is 17.7 Å². The minimum absolute atomic E-state index is 0.222. The largest absolute Gasteiger partial charge is 0.496 e. The first kappa shape index (κ1) is 21.4. The average molecular weight is 420 g/mol. The maximum absolute atomic E-state index is 13.5. The van der Waals surface area contributed by atoms with Crippen LogP contribution in [-0.4, -0.2) is 29.7 Å². The van der Waals surface area contributed by atoms with Crippen molar-refractivity contribution in [2.24, 2.45) is 0 Å². The summed E-state index contributed by atoms with van der Waals surface area (Å²) in [5.74, 6) is -0.718. The third kappa shape index (κ3) is 3.62. The molecule has 3 rings (SSSR count). The van der Waals surface area contributed by atoms with Gasteiger partial charge in [0.25, 0.3) is 5.91 Å². The minimum Gasteiger partial charge on any atom is -0.496 e. The molecule has 0 unspecified atom stereocenters. The quantitative estimate of drug-likeness (QED) is 0.588. The zero-order valence-electron chi connectivity index (χ0n) is 16.5. The molecule has 30 heavy (non-hydrogen) atoms. The van der Waals surface area contributed by atoms with Gasteiger partial charge in [0.2, 0.25) is 0 Å². The van der Waals surface area contributed by atoms with E-state index in [1.807, 2.05) is 0 Å². The topological polar surface area (TPSA) is 75.7 Å². The molecule has 1 N–H and O–H groups in total. The lowest BCUT2D eigenvalue weighted by molar-refractivity contribution is -0.140. The number of halogens is 3. The van der Waals surface area contributed by atoms with Crippen LogP contribution in [0, 0.1) is 0 Å². The van der Waals surface area contributed by atoms with E-state index in [9.17, 15) is 27.6 Å². The van der Waals surface area contributed by atoms with Crippen LogP contribution in [0.15, 0.2) is 42.5 Å². The van der Waals surface area contributed by atoms with Crippen molar-refractivity contribution in [3.63, 3.8) is 0 Å². The molecule has 2 aromatic rings. The highest BCUT2D eigenvalue weighted by Gasteiger charge is 2.52. The monoisotopic (exact) mass is 420 g/mol. The molecular formula is C21H19F3N2O4. The molecule has 6 nitrogen and oxygen atoms in total. The van der Waals surface area contributed by atoms with E-state index < -0.39 is 29.2 Å². The van der Waals surface area contributed by atoms with E-state index in [0.717, 1.165) is 11.0 Å². The lowest BCUT2D eigenvalue weighted by Crippen LogP contribution is -2.42. The summed E-state index contributed by atoms with van der Waals surface area (Å²) in [5.41, 5.74) is -2.51. The smallest absolute Gasteiger partial charge is 0.416 e. The third-order valence-electron chi connectivity index (χ3n) is 5.06. The number of rotatable bonds is 5. The second-order valence-corrected chi connectivity index (χ2v) is 7.07. The average Bonchev–Trinajstić information content (AvgIpc) is 2.91. The van der Waals surface area contributed by atoms with Crippen LogP contribution in [0.4, 0.5) is 18.0 Å². The minimum atomic E-state index is -4.70. The number of hydrogen-bond donors (Lipinski definition) is 1. The van der Waals surface area contributed by atoms with Gasteiger partial charge in [0.05, 0.1) is 19.2 Å². The fraction of sp³-hybridized carbons (Fsp3) is 0.286. The standard InChI is InChI=1S/C21H19F3N2O4/c1-12(27)13-8-9-17(30-3)14(10-13)11-26-18(28)20(2,25-19(26)29)15-6-4-5-7-16(15)21(22,23)24/h4-10H,11H2,1-3H3,(H,25,29)/t20-/m0/s1. The van der Waals surface area contributed by atoms with E-state index in [0.29, 0.717) is 16.9 Å². The Balaban J connectivity index is 2.01. The summed E-state index contributed by atoms with van der Waals surface area (Å²) in [7, 11) is 1.39. The number of hydrogen-bond acceptors (Lipinski definition) is 4. The van der Waals surface area contributed by atoms with Crippen LogP contribution >= 0.6 is 0 Å². The number of imide groups is 1. The van der Waals surface area contributed by atoms with Crippen molar-refractivity contribution in [2.45, 2.75) is 32.1 Å². The fourth-order valence-electron chi connectivity index (χ4n) is 3.48. The predicted molar refractivity (Wildman–Crippen MR) is 101 cm³/mol. The van der Waals surface area contributed by atoms with E-state index in [2.05, 4.69) is 5.32 Å². The highest BCUT2D eigenvalue weighted by Crippen LogP contribution is 2.39. The number of alkyl halides is 3. The van der Waals surface area contributed by atoms with Crippen LogP contribution < -0.4 is 10.1 Å². The summed E-state index contributed by atoms with van der Waals surface area (Å²) in [5, 5.41) is 2.38. The molecule has 1 atom stereocenters. The molecule has 3 amide bonds. The van der Waals surface area contributed by atoms with Gasteiger partial charge >= 0.3 is 12.2 Å². The Kier molecular flexibility index (Phi) is 5.32. The van der Waals surface area contributed by atoms with Crippen molar-refractivity contribution < 1.29 is 32.3 Å². The first-order valence-corrected chi connectivity index (χ1v) is 8.97. The van der Waals surface area contributed by atoms with Gasteiger partial charge in [-0.05, 0) is 43.7 Å². The summed E-state index contributed by atoms with van der Waals surface area (Å²) in [6.45, 7) is 2.34. The number of nitrogens with one attached hydrogen (secondary N) is 1. The maximum Gasteiger partial charge on any atom is 0.416 e. The zero-order valence-corrected chi connectivity index (χ0v) is 16.5. The molecule has 0 radical (unpaired) electrons. The zero-order chi connectivity index (χ0) is 22.3. The lowest BCUT2D eigenvalue weighted by atomic mass is 9.87. The van der Waals surface area contributed by atoms with Crippen LogP contribution in [0.5, 0.6) is 5.75 Å². The number of Topliss-reactive ketones (excluding diaryl/α,β-unsaturated/α-hetero) is 1. The molecule has 0 aliphatic carbocycles. The second kappa shape index (κ2) is 7.47. The van der Waals surface area contributed by atoms with Crippen LogP contribution in [0.1, 0.15) is 40.9 Å². The van der Waals surface area contributed by atoms with Crippen LogP contribution in [0.3, 0.4) is 0 Å². The molecule has 2 aromatic carbocycles. The fourth-order valence-corrected chi connectivity index (χ4v) is 3.48. The van der Waals surface area contributed by atoms with E-state index in [1.54, 1.807) is 6.07 Å². The number of ether oxygens (including phenoxy) is 1. The molecule has 0 bridgehead atoms. The molecule has 9 heteroatoms. The van der Waals surface area contributed by atoms with Crippen molar-refractivity contribution in [1.29, 1.82) is 0 Å². The Bertz CT molecular complexity index is 1040. The molecular weight excluding hydrogens is 401 g/mol. The van der Waals surface area contributed by atoms with Gasteiger partial charge in [-0.15, -0.1) is 0 Å². The Morgan fingerprint density at radius 2 is 1.83 bits per heavy atom. The van der Waals surface area contributed by atoms with Gasteiger partial charge in [0, 0.05) is 11.1 Å². The van der Waals surface area contributed by atoms with Gasteiger partial charge in [-0.3, -0.25) is 14.5 Å². The summed E-state index contributed by atoms with van der Waals surface area (Å²) < 4.78 is 45.6. The molecule has 158 valence electrons. The molecule has 1 saturated heterocycles. The number of nitrogens with zero attached hydrogens (tertiary/aromatic N) is 1. The number of urea groups is 1. The predicted octanol–water partition coefficient (Wildman–Crippen LogP) is 3.88. The van der Waals surface area contributed by atoms with Crippen LogP contribution in [0.2, 0.25) is 0 Å². The highest BCUT2D eigenvalue weighted by atomic mass is 19.4. The van der Waals surface area contributed by atoms with E-state index in [4.69, 9.17) is 4.74 Å². The Morgan fingerprint density at radius 1 is 1.17 bits per heavy atom. The van der Waals surface area contributed by atoms with E-state index in [-0.39, 0.29) is 17.9 Å². The van der Waals surface area contributed by atoms with Crippen molar-refractivity contribution in [1.82, 2.24) is 10.2 Å². The number of ketones is 1. The van der Waals surface area contributed by atoms with Crippen LogP contribution in [-0.2, 0) is 23.1 Å². The van der Waals surface area contributed by atoms with E-state index >= 15 is 0 Å². The molecule has 0 saturated carbocycles. The molecule has 1 aliphatic rings. The Hall–Kier alpha value is -3.36. The van der Waals surface area contributed by atoms with Crippen molar-refractivity contribution in [2.75, 3.05) is 7.11 Å². The first-order chi connectivity index (χ1) is 14.0. The molecule has 0 spiro atoms. The second-order valence-electron chi connectivity index (χ2n) is 7.07. The van der Waals surface area contributed by atoms with Gasteiger partial charge in [0.1, 0.15) is 11.3 Å². The van der Waals surface area contributed by atoms with Gasteiger partial charge in [0.15, 0.2) is 5.78 Å². The van der Waals surface area contributed by atoms with Crippen molar-refractivity contribution in [3.8, 4) is 5.75 Å². The normalized spacial score (nSPS) is 19.1. The summed E-state index contributed by atoms with van der Waals surface area (Å²) in [6, 6.07) is 8.34. The van der Waals surface area contributed by atoms with Crippen LogP contribution in [0.25, 0.3) is 0 Å². The maximum atomic E-state index is 13.5. The van der Waals surface area contributed by atoms with Gasteiger partial charge < -0.3 is 10.1 Å². The molecule has 0 aromatic heterocycles. The summed E-state index contributed by atoms with van der Waals surface area (Å²) >= 11 is 0. The van der Waals surface area contributed by atoms with Gasteiger partial charge in [-0.2, -0.15) is 13.2 Å². The molecule has 1 heterocycles. The lowest BCUT2D eigenvalue weighted by Gasteiger charge is -2.26. The highest BCUT2D eigenvalue weighted by molar-refractivity contribution is 6.07. The SMILES string of the molecule is COc1ccc(C(C)=O)cc1CN1C(=O)N[C@@](C)(c2ccccc2C(F)(F)F)C1=O. The third-order valence-corrected chi connectivity index (χ3v) is 5.06.